The lowest BCUT2D eigenvalue weighted by Gasteiger charge is -2.10. The highest BCUT2D eigenvalue weighted by Gasteiger charge is 2.15. The van der Waals surface area contributed by atoms with Crippen LogP contribution in [0.15, 0.2) is 45.8 Å². The minimum atomic E-state index is -3.69. The maximum atomic E-state index is 12.2. The fraction of sp³-hybridized carbons (Fsp3) is 0.0769. The number of rotatable bonds is 3. The summed E-state index contributed by atoms with van der Waals surface area (Å²) in [4.78, 5) is 0.111. The number of hydrogen-bond acceptors (Lipinski definition) is 3. The molecule has 0 aliphatic rings. The summed E-state index contributed by atoms with van der Waals surface area (Å²) in [5.74, 6) is 0. The largest absolute Gasteiger partial charge is 0.398 e. The summed E-state index contributed by atoms with van der Waals surface area (Å²) in [5.41, 5.74) is 7.38. The maximum Gasteiger partial charge on any atom is 0.261 e. The van der Waals surface area contributed by atoms with E-state index < -0.39 is 10.0 Å². The average Bonchev–Trinajstić information content (AvgIpc) is 2.37. The number of anilines is 2. The summed E-state index contributed by atoms with van der Waals surface area (Å²) in [6, 6.07) is 9.42. The molecule has 0 unspecified atom stereocenters. The SMILES string of the molecule is Cc1ccc(S(=O)(=O)Nc2ccc(Br)c(Cl)c2)cc1N. The molecule has 20 heavy (non-hydrogen) atoms. The molecule has 0 heterocycles. The number of halogens is 2. The van der Waals surface area contributed by atoms with Crippen molar-refractivity contribution < 1.29 is 8.42 Å². The fourth-order valence-corrected chi connectivity index (χ4v) is 3.07. The molecule has 0 radical (unpaired) electrons. The Bertz CT molecular complexity index is 763. The molecule has 0 fully saturated rings. The van der Waals surface area contributed by atoms with Crippen LogP contribution in [0.1, 0.15) is 5.56 Å². The Kier molecular flexibility index (Phi) is 4.27. The third-order valence-electron chi connectivity index (χ3n) is 2.73. The van der Waals surface area contributed by atoms with E-state index in [0.29, 0.717) is 20.9 Å². The van der Waals surface area contributed by atoms with Gasteiger partial charge in [-0.2, -0.15) is 0 Å². The Morgan fingerprint density at radius 3 is 2.50 bits per heavy atom. The molecule has 0 atom stereocenters. The highest BCUT2D eigenvalue weighted by atomic mass is 79.9. The topological polar surface area (TPSA) is 72.2 Å². The van der Waals surface area contributed by atoms with E-state index in [4.69, 9.17) is 17.3 Å². The Hall–Kier alpha value is -1.24. The van der Waals surface area contributed by atoms with Crippen LogP contribution in [-0.2, 0) is 10.0 Å². The second kappa shape index (κ2) is 5.63. The molecule has 0 aliphatic heterocycles. The number of benzene rings is 2. The normalized spacial score (nSPS) is 11.3. The van der Waals surface area contributed by atoms with Gasteiger partial charge in [-0.1, -0.05) is 17.7 Å². The average molecular weight is 376 g/mol. The van der Waals surface area contributed by atoms with Crippen LogP contribution in [0.3, 0.4) is 0 Å². The van der Waals surface area contributed by atoms with Crippen molar-refractivity contribution in [3.8, 4) is 0 Å². The second-order valence-electron chi connectivity index (χ2n) is 4.25. The van der Waals surface area contributed by atoms with Gasteiger partial charge in [0.1, 0.15) is 0 Å². The lowest BCUT2D eigenvalue weighted by molar-refractivity contribution is 0.601. The van der Waals surface area contributed by atoms with Crippen molar-refractivity contribution in [2.24, 2.45) is 0 Å². The molecular weight excluding hydrogens is 364 g/mol. The highest BCUT2D eigenvalue weighted by molar-refractivity contribution is 9.10. The number of aryl methyl sites for hydroxylation is 1. The number of sulfonamides is 1. The Morgan fingerprint density at radius 2 is 1.90 bits per heavy atom. The molecule has 106 valence electrons. The first-order valence-corrected chi connectivity index (χ1v) is 8.29. The molecule has 7 heteroatoms. The zero-order valence-corrected chi connectivity index (χ0v) is 13.7. The van der Waals surface area contributed by atoms with E-state index in [1.165, 1.54) is 18.2 Å². The van der Waals surface area contributed by atoms with Crippen LogP contribution in [0.4, 0.5) is 11.4 Å². The first-order chi connectivity index (χ1) is 9.29. The first-order valence-electron chi connectivity index (χ1n) is 5.63. The maximum absolute atomic E-state index is 12.2. The zero-order chi connectivity index (χ0) is 14.9. The van der Waals surface area contributed by atoms with Crippen LogP contribution >= 0.6 is 27.5 Å². The molecule has 2 aromatic carbocycles. The van der Waals surface area contributed by atoms with Crippen molar-refractivity contribution in [3.63, 3.8) is 0 Å². The van der Waals surface area contributed by atoms with Crippen LogP contribution in [-0.4, -0.2) is 8.42 Å². The molecule has 0 aliphatic carbocycles. The van der Waals surface area contributed by atoms with Crippen molar-refractivity contribution in [1.29, 1.82) is 0 Å². The van der Waals surface area contributed by atoms with Crippen LogP contribution in [0.2, 0.25) is 5.02 Å². The van der Waals surface area contributed by atoms with E-state index >= 15 is 0 Å². The summed E-state index contributed by atoms with van der Waals surface area (Å²) in [6.45, 7) is 1.81. The Balaban J connectivity index is 2.35. The summed E-state index contributed by atoms with van der Waals surface area (Å²) in [6.07, 6.45) is 0. The summed E-state index contributed by atoms with van der Waals surface area (Å²) in [5, 5.41) is 0.425. The van der Waals surface area contributed by atoms with Gasteiger partial charge in [0, 0.05) is 10.2 Å². The van der Waals surface area contributed by atoms with E-state index in [2.05, 4.69) is 20.7 Å². The number of nitrogens with two attached hydrogens (primary N) is 1. The van der Waals surface area contributed by atoms with Crippen LogP contribution in [0, 0.1) is 6.92 Å². The monoisotopic (exact) mass is 374 g/mol. The van der Waals surface area contributed by atoms with Gasteiger partial charge in [0.2, 0.25) is 0 Å². The predicted octanol–water partition coefficient (Wildman–Crippen LogP) is 3.79. The molecular formula is C13H12BrClN2O2S. The highest BCUT2D eigenvalue weighted by Crippen LogP contribution is 2.27. The van der Waals surface area contributed by atoms with E-state index in [1.54, 1.807) is 18.2 Å². The first kappa shape index (κ1) is 15.2. The van der Waals surface area contributed by atoms with E-state index in [0.717, 1.165) is 5.56 Å². The standard InChI is InChI=1S/C13H12BrClN2O2S/c1-8-2-4-10(7-13(8)16)20(18,19)17-9-3-5-11(14)12(15)6-9/h2-7,17H,16H2,1H3. The minimum Gasteiger partial charge on any atom is -0.398 e. The van der Waals surface area contributed by atoms with Crippen molar-refractivity contribution in [1.82, 2.24) is 0 Å². The van der Waals surface area contributed by atoms with Gasteiger partial charge in [0.25, 0.3) is 10.0 Å². The molecule has 0 amide bonds. The summed E-state index contributed by atoms with van der Waals surface area (Å²) in [7, 11) is -3.69. The predicted molar refractivity (Wildman–Crippen MR) is 85.6 cm³/mol. The number of nitrogen functional groups attached to an aromatic ring is 1. The van der Waals surface area contributed by atoms with Gasteiger partial charge in [0.15, 0.2) is 0 Å². The van der Waals surface area contributed by atoms with Crippen LogP contribution in [0.5, 0.6) is 0 Å². The lowest BCUT2D eigenvalue weighted by Crippen LogP contribution is -2.13. The Labute approximate surface area is 131 Å². The molecule has 0 aromatic heterocycles. The lowest BCUT2D eigenvalue weighted by atomic mass is 10.2. The van der Waals surface area contributed by atoms with Crippen LogP contribution < -0.4 is 10.5 Å². The van der Waals surface area contributed by atoms with Gasteiger partial charge in [-0.25, -0.2) is 8.42 Å². The van der Waals surface area contributed by atoms with Gasteiger partial charge >= 0.3 is 0 Å². The van der Waals surface area contributed by atoms with Crippen molar-refractivity contribution in [3.05, 3.63) is 51.5 Å². The Morgan fingerprint density at radius 1 is 1.20 bits per heavy atom. The summed E-state index contributed by atoms with van der Waals surface area (Å²) >= 11 is 9.18. The summed E-state index contributed by atoms with van der Waals surface area (Å²) < 4.78 is 27.6. The van der Waals surface area contributed by atoms with E-state index in [9.17, 15) is 8.42 Å². The minimum absolute atomic E-state index is 0.111. The molecule has 4 nitrogen and oxygen atoms in total. The van der Waals surface area contributed by atoms with Gasteiger partial charge in [-0.15, -0.1) is 0 Å². The third kappa shape index (κ3) is 3.26. The van der Waals surface area contributed by atoms with Crippen molar-refractivity contribution in [2.75, 3.05) is 10.5 Å². The van der Waals surface area contributed by atoms with Crippen LogP contribution in [0.25, 0.3) is 0 Å². The number of nitrogens with one attached hydrogen (secondary N) is 1. The van der Waals surface area contributed by atoms with E-state index in [1.807, 2.05) is 6.92 Å². The van der Waals surface area contributed by atoms with Gasteiger partial charge < -0.3 is 5.73 Å². The van der Waals surface area contributed by atoms with Gasteiger partial charge in [-0.3, -0.25) is 4.72 Å². The van der Waals surface area contributed by atoms with Gasteiger partial charge in [0.05, 0.1) is 15.6 Å². The van der Waals surface area contributed by atoms with Crippen molar-refractivity contribution in [2.45, 2.75) is 11.8 Å². The van der Waals surface area contributed by atoms with E-state index in [-0.39, 0.29) is 4.90 Å². The molecule has 2 aromatic rings. The van der Waals surface area contributed by atoms with Gasteiger partial charge in [-0.05, 0) is 58.7 Å². The smallest absolute Gasteiger partial charge is 0.261 e. The molecule has 0 saturated heterocycles. The third-order valence-corrected chi connectivity index (χ3v) is 5.34. The zero-order valence-electron chi connectivity index (χ0n) is 10.5. The molecule has 0 saturated carbocycles. The quantitative estimate of drug-likeness (QED) is 0.802. The molecule has 0 spiro atoms. The second-order valence-corrected chi connectivity index (χ2v) is 7.20. The molecule has 0 bridgehead atoms. The molecule has 3 N–H and O–H groups in total. The van der Waals surface area contributed by atoms with Crippen molar-refractivity contribution >= 4 is 48.9 Å². The fourth-order valence-electron chi connectivity index (χ4n) is 1.56. The number of hydrogen-bond donors (Lipinski definition) is 2. The molecule has 2 rings (SSSR count).